The van der Waals surface area contributed by atoms with E-state index in [2.05, 4.69) is 16.5 Å². The van der Waals surface area contributed by atoms with E-state index in [1.807, 2.05) is 23.0 Å². The summed E-state index contributed by atoms with van der Waals surface area (Å²) < 4.78 is 4.06. The van der Waals surface area contributed by atoms with Crippen molar-refractivity contribution in [2.24, 2.45) is 0 Å². The van der Waals surface area contributed by atoms with Crippen LogP contribution >= 0.6 is 0 Å². The van der Waals surface area contributed by atoms with Gasteiger partial charge >= 0.3 is 0 Å². The number of imidazole rings is 1. The SMILES string of the molecule is CCn1cncc1Cn1ccc2ccc([N+](=O)[O-])cc21. The summed E-state index contributed by atoms with van der Waals surface area (Å²) in [6, 6.07) is 6.89. The summed E-state index contributed by atoms with van der Waals surface area (Å²) in [6.45, 7) is 3.57. The van der Waals surface area contributed by atoms with E-state index in [1.54, 1.807) is 18.5 Å². The minimum atomic E-state index is -0.368. The van der Waals surface area contributed by atoms with Crippen LogP contribution in [-0.4, -0.2) is 19.0 Å². The molecule has 0 unspecified atom stereocenters. The Bertz CT molecular complexity index is 772. The van der Waals surface area contributed by atoms with E-state index < -0.39 is 0 Å². The van der Waals surface area contributed by atoms with Crippen LogP contribution in [-0.2, 0) is 13.1 Å². The van der Waals surface area contributed by atoms with Gasteiger partial charge in [-0.1, -0.05) is 0 Å². The quantitative estimate of drug-likeness (QED) is 0.541. The van der Waals surface area contributed by atoms with Crippen molar-refractivity contribution in [3.63, 3.8) is 0 Å². The number of benzene rings is 1. The lowest BCUT2D eigenvalue weighted by atomic mass is 10.2. The molecular weight excluding hydrogens is 256 g/mol. The smallest absolute Gasteiger partial charge is 0.271 e. The van der Waals surface area contributed by atoms with Crippen molar-refractivity contribution in [1.29, 1.82) is 0 Å². The standard InChI is InChI=1S/C14H14N4O2/c1-2-16-10-15-8-13(16)9-17-6-5-11-3-4-12(18(19)20)7-14(11)17/h3-8,10H,2,9H2,1H3. The van der Waals surface area contributed by atoms with Gasteiger partial charge in [0.25, 0.3) is 5.69 Å². The predicted molar refractivity (Wildman–Crippen MR) is 75.6 cm³/mol. The number of hydrogen-bond donors (Lipinski definition) is 0. The van der Waals surface area contributed by atoms with Crippen LogP contribution in [0.2, 0.25) is 0 Å². The van der Waals surface area contributed by atoms with E-state index in [9.17, 15) is 10.1 Å². The molecule has 0 aliphatic carbocycles. The first-order valence-electron chi connectivity index (χ1n) is 6.41. The molecule has 0 fully saturated rings. The number of aromatic nitrogens is 3. The van der Waals surface area contributed by atoms with Crippen LogP contribution in [0.1, 0.15) is 12.6 Å². The van der Waals surface area contributed by atoms with Crippen molar-refractivity contribution in [1.82, 2.24) is 14.1 Å². The second kappa shape index (κ2) is 4.80. The number of nitro benzene ring substituents is 1. The normalized spacial score (nSPS) is 11.1. The average Bonchev–Trinajstić information content (AvgIpc) is 3.05. The fourth-order valence-corrected chi connectivity index (χ4v) is 2.36. The van der Waals surface area contributed by atoms with Gasteiger partial charge in [-0.2, -0.15) is 0 Å². The van der Waals surface area contributed by atoms with Crippen LogP contribution in [0.15, 0.2) is 43.0 Å². The molecule has 0 aliphatic rings. The van der Waals surface area contributed by atoms with Crippen molar-refractivity contribution in [3.8, 4) is 0 Å². The molecule has 102 valence electrons. The Labute approximate surface area is 115 Å². The summed E-state index contributed by atoms with van der Waals surface area (Å²) in [5, 5.41) is 11.9. The lowest BCUT2D eigenvalue weighted by molar-refractivity contribution is -0.384. The zero-order valence-electron chi connectivity index (χ0n) is 11.1. The summed E-state index contributed by atoms with van der Waals surface area (Å²) in [5.41, 5.74) is 2.06. The third kappa shape index (κ3) is 2.05. The molecule has 6 heteroatoms. The van der Waals surface area contributed by atoms with Crippen LogP contribution in [0, 0.1) is 10.1 Å². The Morgan fingerprint density at radius 2 is 2.15 bits per heavy atom. The molecule has 0 N–H and O–H groups in total. The van der Waals surface area contributed by atoms with Gasteiger partial charge in [0, 0.05) is 36.5 Å². The molecule has 1 aromatic carbocycles. The van der Waals surface area contributed by atoms with Crippen molar-refractivity contribution in [2.45, 2.75) is 20.0 Å². The summed E-state index contributed by atoms with van der Waals surface area (Å²) in [7, 11) is 0. The molecule has 3 aromatic rings. The summed E-state index contributed by atoms with van der Waals surface area (Å²) in [5.74, 6) is 0. The van der Waals surface area contributed by atoms with Gasteiger partial charge in [-0.05, 0) is 19.1 Å². The van der Waals surface area contributed by atoms with Crippen molar-refractivity contribution >= 4 is 16.6 Å². The Kier molecular flexibility index (Phi) is 2.98. The third-order valence-electron chi connectivity index (χ3n) is 3.44. The summed E-state index contributed by atoms with van der Waals surface area (Å²) >= 11 is 0. The maximum atomic E-state index is 10.9. The van der Waals surface area contributed by atoms with E-state index in [-0.39, 0.29) is 10.6 Å². The maximum absolute atomic E-state index is 10.9. The van der Waals surface area contributed by atoms with Gasteiger partial charge in [-0.25, -0.2) is 4.98 Å². The van der Waals surface area contributed by atoms with Gasteiger partial charge in [-0.15, -0.1) is 0 Å². The van der Waals surface area contributed by atoms with Crippen LogP contribution in [0.5, 0.6) is 0 Å². The Morgan fingerprint density at radius 3 is 2.90 bits per heavy atom. The molecule has 0 amide bonds. The van der Waals surface area contributed by atoms with E-state index in [4.69, 9.17) is 0 Å². The average molecular weight is 270 g/mol. The Hall–Kier alpha value is -2.63. The minimum Gasteiger partial charge on any atom is -0.341 e. The molecule has 0 radical (unpaired) electrons. The minimum absolute atomic E-state index is 0.112. The first-order valence-corrected chi connectivity index (χ1v) is 6.41. The number of fused-ring (bicyclic) bond motifs is 1. The second-order valence-electron chi connectivity index (χ2n) is 4.61. The van der Waals surface area contributed by atoms with Crippen LogP contribution < -0.4 is 0 Å². The van der Waals surface area contributed by atoms with Crippen LogP contribution in [0.3, 0.4) is 0 Å². The van der Waals surface area contributed by atoms with Gasteiger partial charge in [0.2, 0.25) is 0 Å². The topological polar surface area (TPSA) is 65.9 Å². The maximum Gasteiger partial charge on any atom is 0.271 e. The lowest BCUT2D eigenvalue weighted by Gasteiger charge is -2.07. The molecule has 0 aliphatic heterocycles. The number of aryl methyl sites for hydroxylation is 1. The van der Waals surface area contributed by atoms with Gasteiger partial charge < -0.3 is 9.13 Å². The number of hydrogen-bond acceptors (Lipinski definition) is 3. The molecule has 0 saturated carbocycles. The lowest BCUT2D eigenvalue weighted by Crippen LogP contribution is -2.05. The van der Waals surface area contributed by atoms with Crippen molar-refractivity contribution < 1.29 is 4.92 Å². The molecule has 2 aromatic heterocycles. The molecule has 0 atom stereocenters. The predicted octanol–water partition coefficient (Wildman–Crippen LogP) is 2.81. The largest absolute Gasteiger partial charge is 0.341 e. The fraction of sp³-hybridized carbons (Fsp3) is 0.214. The zero-order chi connectivity index (χ0) is 14.1. The molecular formula is C14H14N4O2. The zero-order valence-corrected chi connectivity index (χ0v) is 11.1. The molecule has 0 saturated heterocycles. The molecule has 6 nitrogen and oxygen atoms in total. The van der Waals surface area contributed by atoms with E-state index in [0.717, 1.165) is 23.1 Å². The van der Waals surface area contributed by atoms with Gasteiger partial charge in [-0.3, -0.25) is 10.1 Å². The molecule has 20 heavy (non-hydrogen) atoms. The third-order valence-corrected chi connectivity index (χ3v) is 3.44. The number of rotatable bonds is 4. The van der Waals surface area contributed by atoms with Crippen molar-refractivity contribution in [2.75, 3.05) is 0 Å². The highest BCUT2D eigenvalue weighted by atomic mass is 16.6. The van der Waals surface area contributed by atoms with E-state index >= 15 is 0 Å². The highest BCUT2D eigenvalue weighted by molar-refractivity contribution is 5.82. The Morgan fingerprint density at radius 1 is 1.30 bits per heavy atom. The number of nitro groups is 1. The van der Waals surface area contributed by atoms with Crippen molar-refractivity contribution in [3.05, 3.63) is 58.8 Å². The van der Waals surface area contributed by atoms with Crippen LogP contribution in [0.4, 0.5) is 5.69 Å². The second-order valence-corrected chi connectivity index (χ2v) is 4.61. The summed E-state index contributed by atoms with van der Waals surface area (Å²) in [4.78, 5) is 14.7. The van der Waals surface area contributed by atoms with Gasteiger partial charge in [0.15, 0.2) is 0 Å². The monoisotopic (exact) mass is 270 g/mol. The molecule has 0 spiro atoms. The molecule has 3 rings (SSSR count). The number of nitrogens with zero attached hydrogens (tertiary/aromatic N) is 4. The van der Waals surface area contributed by atoms with Crippen LogP contribution in [0.25, 0.3) is 10.9 Å². The van der Waals surface area contributed by atoms with E-state index in [0.29, 0.717) is 6.54 Å². The number of non-ortho nitro benzene ring substituents is 1. The molecule has 0 bridgehead atoms. The van der Waals surface area contributed by atoms with Gasteiger partial charge in [0.05, 0.1) is 29.0 Å². The first kappa shape index (κ1) is 12.4. The first-order chi connectivity index (χ1) is 9.69. The highest BCUT2D eigenvalue weighted by Gasteiger charge is 2.10. The fourth-order valence-electron chi connectivity index (χ4n) is 2.36. The molecule has 2 heterocycles. The van der Waals surface area contributed by atoms with E-state index in [1.165, 1.54) is 6.07 Å². The van der Waals surface area contributed by atoms with Gasteiger partial charge in [0.1, 0.15) is 0 Å². The summed E-state index contributed by atoms with van der Waals surface area (Å²) in [6.07, 6.45) is 5.57. The highest BCUT2D eigenvalue weighted by Crippen LogP contribution is 2.22. The Balaban J connectivity index is 2.03.